The van der Waals surface area contributed by atoms with Crippen LogP contribution in [0.1, 0.15) is 31.2 Å². The molecule has 3 aromatic heterocycles. The summed E-state index contributed by atoms with van der Waals surface area (Å²) >= 11 is 0. The number of fused-ring (bicyclic) bond motifs is 1. The van der Waals surface area contributed by atoms with Gasteiger partial charge < -0.3 is 14.8 Å². The quantitative estimate of drug-likeness (QED) is 0.744. The van der Waals surface area contributed by atoms with Crippen molar-refractivity contribution in [2.45, 2.75) is 26.3 Å². The number of imidazole rings is 1. The third-order valence-corrected chi connectivity index (χ3v) is 2.82. The van der Waals surface area contributed by atoms with Crippen LogP contribution in [0.2, 0.25) is 0 Å². The molecule has 2 N–H and O–H groups in total. The van der Waals surface area contributed by atoms with E-state index in [0.29, 0.717) is 23.9 Å². The predicted octanol–water partition coefficient (Wildman–Crippen LogP) is 2.08. The summed E-state index contributed by atoms with van der Waals surface area (Å²) in [4.78, 5) is 15.3. The fourth-order valence-electron chi connectivity index (χ4n) is 1.75. The summed E-state index contributed by atoms with van der Waals surface area (Å²) in [6.45, 7) is 4.67. The Morgan fingerprint density at radius 3 is 3.00 bits per heavy atom. The molecule has 3 rings (SSSR count). The van der Waals surface area contributed by atoms with Crippen molar-refractivity contribution in [3.8, 4) is 0 Å². The van der Waals surface area contributed by atoms with Gasteiger partial charge in [0, 0.05) is 6.07 Å². The van der Waals surface area contributed by atoms with Gasteiger partial charge in [-0.15, -0.1) is 0 Å². The van der Waals surface area contributed by atoms with Crippen LogP contribution in [0.25, 0.3) is 11.2 Å². The van der Waals surface area contributed by atoms with E-state index in [1.54, 1.807) is 6.33 Å². The number of nitrogens with one attached hydrogen (secondary N) is 2. The Balaban J connectivity index is 1.76. The first kappa shape index (κ1) is 11.6. The van der Waals surface area contributed by atoms with Gasteiger partial charge in [-0.05, 0) is 5.92 Å². The van der Waals surface area contributed by atoms with E-state index in [0.717, 1.165) is 17.0 Å². The third kappa shape index (κ3) is 2.26. The zero-order chi connectivity index (χ0) is 13.2. The number of aromatic amines is 1. The molecule has 3 heterocycles. The van der Waals surface area contributed by atoms with Crippen molar-refractivity contribution >= 4 is 17.0 Å². The molecule has 0 bridgehead atoms. The lowest BCUT2D eigenvalue weighted by molar-refractivity contribution is 0.379. The summed E-state index contributed by atoms with van der Waals surface area (Å²) in [5, 5.41) is 7.20. The zero-order valence-corrected chi connectivity index (χ0v) is 10.7. The Morgan fingerprint density at radius 2 is 2.21 bits per heavy atom. The number of hydrogen-bond donors (Lipinski definition) is 2. The van der Waals surface area contributed by atoms with Crippen LogP contribution < -0.4 is 5.32 Å². The molecule has 0 aliphatic heterocycles. The Labute approximate surface area is 109 Å². The molecule has 19 heavy (non-hydrogen) atoms. The summed E-state index contributed by atoms with van der Waals surface area (Å²) in [6.07, 6.45) is 3.07. The lowest BCUT2D eigenvalue weighted by Crippen LogP contribution is -2.01. The second-order valence-corrected chi connectivity index (χ2v) is 4.55. The van der Waals surface area contributed by atoms with Crippen LogP contribution in [0.5, 0.6) is 0 Å². The molecule has 0 aromatic carbocycles. The molecule has 0 radical (unpaired) electrons. The van der Waals surface area contributed by atoms with Gasteiger partial charge in [0.15, 0.2) is 17.2 Å². The van der Waals surface area contributed by atoms with Crippen LogP contribution in [0, 0.1) is 0 Å². The molecule has 0 fully saturated rings. The number of aromatic nitrogens is 5. The zero-order valence-electron chi connectivity index (χ0n) is 10.7. The van der Waals surface area contributed by atoms with Gasteiger partial charge in [-0.1, -0.05) is 19.0 Å². The topological polar surface area (TPSA) is 92.5 Å². The van der Waals surface area contributed by atoms with Crippen molar-refractivity contribution in [2.75, 3.05) is 5.32 Å². The van der Waals surface area contributed by atoms with Crippen LogP contribution in [0.3, 0.4) is 0 Å². The standard InChI is InChI=1S/C12H14N6O/c1-7(2)9-3-8(19-18-9)4-13-11-10-12(15-5-14-10)17-6-16-11/h3,5-7H,4H2,1-2H3,(H2,13,14,15,16,17). The normalized spacial score (nSPS) is 11.3. The van der Waals surface area contributed by atoms with Gasteiger partial charge in [0.1, 0.15) is 11.8 Å². The Morgan fingerprint density at radius 1 is 1.32 bits per heavy atom. The van der Waals surface area contributed by atoms with Crippen molar-refractivity contribution in [3.05, 3.63) is 30.2 Å². The first-order valence-corrected chi connectivity index (χ1v) is 6.07. The maximum absolute atomic E-state index is 5.26. The second-order valence-electron chi connectivity index (χ2n) is 4.55. The molecule has 7 heteroatoms. The minimum absolute atomic E-state index is 0.357. The van der Waals surface area contributed by atoms with Gasteiger partial charge in [0.05, 0.1) is 18.6 Å². The predicted molar refractivity (Wildman–Crippen MR) is 69.6 cm³/mol. The van der Waals surface area contributed by atoms with E-state index in [9.17, 15) is 0 Å². The third-order valence-electron chi connectivity index (χ3n) is 2.82. The highest BCUT2D eigenvalue weighted by molar-refractivity contribution is 5.81. The first-order valence-electron chi connectivity index (χ1n) is 6.07. The summed E-state index contributed by atoms with van der Waals surface area (Å²) in [5.74, 6) is 1.83. The van der Waals surface area contributed by atoms with Crippen molar-refractivity contribution < 1.29 is 4.52 Å². The molecular weight excluding hydrogens is 244 g/mol. The van der Waals surface area contributed by atoms with E-state index in [-0.39, 0.29) is 0 Å². The van der Waals surface area contributed by atoms with Gasteiger partial charge >= 0.3 is 0 Å². The Kier molecular flexibility index (Phi) is 2.86. The highest BCUT2D eigenvalue weighted by Gasteiger charge is 2.09. The molecule has 3 aromatic rings. The van der Waals surface area contributed by atoms with Gasteiger partial charge in [0.2, 0.25) is 0 Å². The van der Waals surface area contributed by atoms with Crippen molar-refractivity contribution in [1.29, 1.82) is 0 Å². The molecule has 98 valence electrons. The maximum Gasteiger partial charge on any atom is 0.182 e. The average molecular weight is 258 g/mol. The lowest BCUT2D eigenvalue weighted by Gasteiger charge is -2.02. The molecule has 0 aliphatic carbocycles. The minimum Gasteiger partial charge on any atom is -0.361 e. The summed E-state index contributed by atoms with van der Waals surface area (Å²) in [6, 6.07) is 1.95. The van der Waals surface area contributed by atoms with Crippen LogP contribution >= 0.6 is 0 Å². The van der Waals surface area contributed by atoms with Gasteiger partial charge in [0.25, 0.3) is 0 Å². The van der Waals surface area contributed by atoms with E-state index in [1.165, 1.54) is 6.33 Å². The van der Waals surface area contributed by atoms with Crippen LogP contribution in [0.15, 0.2) is 23.2 Å². The van der Waals surface area contributed by atoms with E-state index in [2.05, 4.69) is 44.3 Å². The minimum atomic E-state index is 0.357. The van der Waals surface area contributed by atoms with E-state index in [4.69, 9.17) is 4.52 Å². The monoisotopic (exact) mass is 258 g/mol. The Bertz CT molecular complexity index is 686. The number of H-pyrrole nitrogens is 1. The smallest absolute Gasteiger partial charge is 0.182 e. The fraction of sp³-hybridized carbons (Fsp3) is 0.333. The molecule has 7 nitrogen and oxygen atoms in total. The van der Waals surface area contributed by atoms with Crippen molar-refractivity contribution in [1.82, 2.24) is 25.1 Å². The molecule has 0 aliphatic rings. The maximum atomic E-state index is 5.26. The van der Waals surface area contributed by atoms with Gasteiger partial charge in [-0.2, -0.15) is 0 Å². The molecular formula is C12H14N6O. The van der Waals surface area contributed by atoms with E-state index in [1.807, 2.05) is 6.07 Å². The molecule has 0 unspecified atom stereocenters. The van der Waals surface area contributed by atoms with E-state index >= 15 is 0 Å². The molecule has 0 amide bonds. The van der Waals surface area contributed by atoms with Gasteiger partial charge in [-0.25, -0.2) is 15.0 Å². The number of anilines is 1. The highest BCUT2D eigenvalue weighted by atomic mass is 16.5. The average Bonchev–Trinajstić information content (AvgIpc) is 3.05. The van der Waals surface area contributed by atoms with Gasteiger partial charge in [-0.3, -0.25) is 0 Å². The number of nitrogens with zero attached hydrogens (tertiary/aromatic N) is 4. The second kappa shape index (κ2) is 4.68. The number of hydrogen-bond acceptors (Lipinski definition) is 6. The highest BCUT2D eigenvalue weighted by Crippen LogP contribution is 2.17. The van der Waals surface area contributed by atoms with Crippen LogP contribution in [0.4, 0.5) is 5.82 Å². The molecule has 0 saturated carbocycles. The number of rotatable bonds is 4. The van der Waals surface area contributed by atoms with E-state index < -0.39 is 0 Å². The summed E-state index contributed by atoms with van der Waals surface area (Å²) in [5.41, 5.74) is 2.37. The SMILES string of the molecule is CC(C)c1cc(CNc2ncnc3nc[nH]c23)on1. The molecule has 0 atom stereocenters. The summed E-state index contributed by atoms with van der Waals surface area (Å²) < 4.78 is 5.26. The first-order chi connectivity index (χ1) is 9.24. The Hall–Kier alpha value is -2.44. The summed E-state index contributed by atoms with van der Waals surface area (Å²) in [7, 11) is 0. The van der Waals surface area contributed by atoms with Crippen LogP contribution in [-0.2, 0) is 6.54 Å². The largest absolute Gasteiger partial charge is 0.361 e. The molecule has 0 saturated heterocycles. The lowest BCUT2D eigenvalue weighted by atomic mass is 10.1. The fourth-order valence-corrected chi connectivity index (χ4v) is 1.75. The van der Waals surface area contributed by atoms with Crippen molar-refractivity contribution in [2.24, 2.45) is 0 Å². The van der Waals surface area contributed by atoms with Crippen LogP contribution in [-0.4, -0.2) is 25.1 Å². The van der Waals surface area contributed by atoms with Crippen molar-refractivity contribution in [3.63, 3.8) is 0 Å². The molecule has 0 spiro atoms.